The van der Waals surface area contributed by atoms with Gasteiger partial charge in [-0.2, -0.15) is 13.2 Å². The topological polar surface area (TPSA) is 105 Å². The van der Waals surface area contributed by atoms with Crippen LogP contribution in [0.5, 0.6) is 0 Å². The number of halogens is 3. The number of nitrogens with zero attached hydrogens (tertiary/aromatic N) is 1. The number of benzene rings is 2. The predicted molar refractivity (Wildman–Crippen MR) is 127 cm³/mol. The second-order valence-corrected chi connectivity index (χ2v) is 9.16. The lowest BCUT2D eigenvalue weighted by atomic mass is 9.90. The highest BCUT2D eigenvalue weighted by Gasteiger charge is 2.32. The van der Waals surface area contributed by atoms with E-state index in [9.17, 15) is 27.6 Å². The zero-order chi connectivity index (χ0) is 25.6. The fourth-order valence-corrected chi connectivity index (χ4v) is 4.35. The Hall–Kier alpha value is -3.05. The Labute approximate surface area is 205 Å². The van der Waals surface area contributed by atoms with Gasteiger partial charge in [-0.25, -0.2) is 5.84 Å². The molecule has 0 radical (unpaired) electrons. The number of carbonyl (C=O) groups is 3. The molecule has 1 aliphatic carbocycles. The number of nitrogens with two attached hydrogens (primary N) is 1. The first-order valence-corrected chi connectivity index (χ1v) is 12.3. The lowest BCUT2D eigenvalue weighted by molar-refractivity contribution is -0.137. The molecule has 1 fully saturated rings. The first-order valence-electron chi connectivity index (χ1n) is 11.1. The van der Waals surface area contributed by atoms with Gasteiger partial charge in [0.15, 0.2) is 0 Å². The molecule has 2 atom stereocenters. The first kappa shape index (κ1) is 26.6. The molecular formula is C24H27F3N4O3S. The Bertz CT molecular complexity index is 1060. The molecule has 4 N–H and O–H groups in total. The molecule has 11 heteroatoms. The maximum absolute atomic E-state index is 12.9. The van der Waals surface area contributed by atoms with Gasteiger partial charge in [0.2, 0.25) is 5.91 Å². The standard InChI is InChI=1S/C24H27F3N4O3S/c1-35-18-11-9-15(10-12-18)22(33)30-20-8-3-2-7-19(20)29-21(32)14-31(28)23(34)16-5-4-6-17(13-16)24(25,26)27/h4-6,9-13,19-20H,2-3,7-8,14,28H2,1H3,(H,29,32)(H,30,33)/t19-,20+/m1/s1. The Balaban J connectivity index is 1.59. The zero-order valence-electron chi connectivity index (χ0n) is 19.1. The maximum atomic E-state index is 12.9. The summed E-state index contributed by atoms with van der Waals surface area (Å²) in [5.41, 5.74) is -0.742. The molecule has 3 amide bonds. The first-order chi connectivity index (χ1) is 16.6. The molecule has 35 heavy (non-hydrogen) atoms. The van der Waals surface area contributed by atoms with Gasteiger partial charge in [0, 0.05) is 28.1 Å². The van der Waals surface area contributed by atoms with Crippen molar-refractivity contribution in [3.05, 3.63) is 65.2 Å². The van der Waals surface area contributed by atoms with Crippen LogP contribution < -0.4 is 16.5 Å². The minimum Gasteiger partial charge on any atom is -0.350 e. The van der Waals surface area contributed by atoms with Gasteiger partial charge in [-0.1, -0.05) is 18.9 Å². The number of carbonyl (C=O) groups excluding carboxylic acids is 3. The number of alkyl halides is 3. The van der Waals surface area contributed by atoms with Crippen molar-refractivity contribution in [3.8, 4) is 0 Å². The fourth-order valence-electron chi connectivity index (χ4n) is 3.94. The second-order valence-electron chi connectivity index (χ2n) is 8.28. The molecule has 3 rings (SSSR count). The number of hydrazine groups is 1. The van der Waals surface area contributed by atoms with Crippen molar-refractivity contribution in [2.45, 2.75) is 48.8 Å². The van der Waals surface area contributed by atoms with Crippen LogP contribution in [0.4, 0.5) is 13.2 Å². The summed E-state index contributed by atoms with van der Waals surface area (Å²) in [4.78, 5) is 38.8. The van der Waals surface area contributed by atoms with E-state index in [0.29, 0.717) is 29.5 Å². The SMILES string of the molecule is CSc1ccc(C(=O)N[C@H]2CCCC[C@H]2NC(=O)CN(N)C(=O)c2cccc(C(F)(F)F)c2)cc1. The van der Waals surface area contributed by atoms with E-state index in [0.717, 1.165) is 29.9 Å². The average Bonchev–Trinajstić information content (AvgIpc) is 2.84. The highest BCUT2D eigenvalue weighted by molar-refractivity contribution is 7.98. The van der Waals surface area contributed by atoms with Crippen LogP contribution in [0.3, 0.4) is 0 Å². The lowest BCUT2D eigenvalue weighted by Gasteiger charge is -2.33. The minimum absolute atomic E-state index is 0.246. The molecular weight excluding hydrogens is 481 g/mol. The van der Waals surface area contributed by atoms with Gasteiger partial charge in [0.05, 0.1) is 5.56 Å². The third-order valence-electron chi connectivity index (χ3n) is 5.79. The van der Waals surface area contributed by atoms with Crippen LogP contribution in [0.15, 0.2) is 53.4 Å². The summed E-state index contributed by atoms with van der Waals surface area (Å²) in [6.07, 6.45) is 0.392. The van der Waals surface area contributed by atoms with Gasteiger partial charge in [0.25, 0.3) is 11.8 Å². The van der Waals surface area contributed by atoms with Crippen molar-refractivity contribution in [1.82, 2.24) is 15.6 Å². The van der Waals surface area contributed by atoms with E-state index in [1.807, 2.05) is 18.4 Å². The summed E-state index contributed by atoms with van der Waals surface area (Å²) < 4.78 is 38.8. The van der Waals surface area contributed by atoms with Gasteiger partial charge in [-0.3, -0.25) is 19.4 Å². The third-order valence-corrected chi connectivity index (χ3v) is 6.54. The molecule has 0 aromatic heterocycles. The molecule has 7 nitrogen and oxygen atoms in total. The van der Waals surface area contributed by atoms with Gasteiger partial charge < -0.3 is 10.6 Å². The van der Waals surface area contributed by atoms with E-state index in [1.165, 1.54) is 6.07 Å². The normalized spacial score (nSPS) is 18.0. The number of nitrogens with one attached hydrogen (secondary N) is 2. The number of hydrogen-bond donors (Lipinski definition) is 3. The van der Waals surface area contributed by atoms with Crippen molar-refractivity contribution in [2.24, 2.45) is 5.84 Å². The number of hydrogen-bond acceptors (Lipinski definition) is 5. The van der Waals surface area contributed by atoms with E-state index >= 15 is 0 Å². The monoisotopic (exact) mass is 508 g/mol. The van der Waals surface area contributed by atoms with Crippen LogP contribution in [-0.2, 0) is 11.0 Å². The minimum atomic E-state index is -4.61. The summed E-state index contributed by atoms with van der Waals surface area (Å²) in [5.74, 6) is 3.98. The van der Waals surface area contributed by atoms with E-state index in [4.69, 9.17) is 5.84 Å². The zero-order valence-corrected chi connectivity index (χ0v) is 19.9. The smallest absolute Gasteiger partial charge is 0.350 e. The van der Waals surface area contributed by atoms with Crippen molar-refractivity contribution in [2.75, 3.05) is 12.8 Å². The number of amides is 3. The van der Waals surface area contributed by atoms with Crippen molar-refractivity contribution < 1.29 is 27.6 Å². The summed E-state index contributed by atoms with van der Waals surface area (Å²) in [6, 6.07) is 10.4. The maximum Gasteiger partial charge on any atom is 0.416 e. The van der Waals surface area contributed by atoms with Crippen molar-refractivity contribution >= 4 is 29.5 Å². The van der Waals surface area contributed by atoms with Crippen LogP contribution in [0, 0.1) is 0 Å². The molecule has 1 saturated carbocycles. The largest absolute Gasteiger partial charge is 0.416 e. The van der Waals surface area contributed by atoms with Gasteiger partial charge in [-0.05, 0) is 61.6 Å². The Morgan fingerprint density at radius 3 is 2.23 bits per heavy atom. The second kappa shape index (κ2) is 11.6. The summed E-state index contributed by atoms with van der Waals surface area (Å²) >= 11 is 1.57. The fraction of sp³-hybridized carbons (Fsp3) is 0.375. The number of thioether (sulfide) groups is 1. The highest BCUT2D eigenvalue weighted by Crippen LogP contribution is 2.29. The Morgan fingerprint density at radius 1 is 1.00 bits per heavy atom. The van der Waals surface area contributed by atoms with E-state index < -0.39 is 30.1 Å². The lowest BCUT2D eigenvalue weighted by Crippen LogP contribution is -2.55. The van der Waals surface area contributed by atoms with Gasteiger partial charge in [-0.15, -0.1) is 11.8 Å². The molecule has 0 saturated heterocycles. The molecule has 0 unspecified atom stereocenters. The molecule has 1 aliphatic rings. The summed E-state index contributed by atoms with van der Waals surface area (Å²) in [5, 5.41) is 6.36. The van der Waals surface area contributed by atoms with Crippen molar-refractivity contribution in [1.29, 1.82) is 0 Å². The highest BCUT2D eigenvalue weighted by atomic mass is 32.2. The third kappa shape index (κ3) is 7.22. The molecule has 188 valence electrons. The average molecular weight is 509 g/mol. The van der Waals surface area contributed by atoms with Crippen LogP contribution >= 0.6 is 11.8 Å². The van der Waals surface area contributed by atoms with Crippen LogP contribution in [0.25, 0.3) is 0 Å². The molecule has 2 aromatic carbocycles. The van der Waals surface area contributed by atoms with Gasteiger partial charge in [0.1, 0.15) is 6.54 Å². The molecule has 0 bridgehead atoms. The summed E-state index contributed by atoms with van der Waals surface area (Å²) in [6.45, 7) is -0.539. The number of rotatable bonds is 7. The van der Waals surface area contributed by atoms with Crippen LogP contribution in [0.1, 0.15) is 52.0 Å². The Morgan fingerprint density at radius 2 is 1.63 bits per heavy atom. The molecule has 0 spiro atoms. The van der Waals surface area contributed by atoms with Crippen LogP contribution in [-0.4, -0.2) is 47.6 Å². The molecule has 2 aromatic rings. The van der Waals surface area contributed by atoms with Crippen molar-refractivity contribution in [3.63, 3.8) is 0 Å². The summed E-state index contributed by atoms with van der Waals surface area (Å²) in [7, 11) is 0. The van der Waals surface area contributed by atoms with E-state index in [-0.39, 0.29) is 23.6 Å². The quantitative estimate of drug-likeness (QED) is 0.230. The Kier molecular flexibility index (Phi) is 8.79. The molecule has 0 heterocycles. The predicted octanol–water partition coefficient (Wildman–Crippen LogP) is 3.60. The van der Waals surface area contributed by atoms with E-state index in [2.05, 4.69) is 10.6 Å². The van der Waals surface area contributed by atoms with E-state index in [1.54, 1.807) is 23.9 Å². The van der Waals surface area contributed by atoms with Crippen LogP contribution in [0.2, 0.25) is 0 Å². The molecule has 0 aliphatic heterocycles. The van der Waals surface area contributed by atoms with Gasteiger partial charge >= 0.3 is 6.18 Å².